The first-order valence-corrected chi connectivity index (χ1v) is 16.1. The maximum Gasteiger partial charge on any atom is 0.325 e. The van der Waals surface area contributed by atoms with Gasteiger partial charge >= 0.3 is 5.97 Å². The zero-order chi connectivity index (χ0) is 28.8. The van der Waals surface area contributed by atoms with Crippen molar-refractivity contribution < 1.29 is 31.2 Å². The second-order valence-electron chi connectivity index (χ2n) is 8.77. The van der Waals surface area contributed by atoms with E-state index in [9.17, 15) is 26.4 Å². The Labute approximate surface area is 232 Å². The lowest BCUT2D eigenvalue weighted by Crippen LogP contribution is -2.33. The first-order valence-electron chi connectivity index (χ1n) is 12.3. The molecule has 3 aromatic rings. The normalized spacial score (nSPS) is 12.8. The number of hydrogen-bond acceptors (Lipinski definition) is 8. The zero-order valence-electron chi connectivity index (χ0n) is 22.0. The van der Waals surface area contributed by atoms with Crippen molar-refractivity contribution >= 4 is 53.5 Å². The number of esters is 1. The molecule has 3 rings (SSSR count). The number of unbranched alkanes of at least 4 members (excludes halogenated alkanes) is 2. The molecule has 0 spiro atoms. The summed E-state index contributed by atoms with van der Waals surface area (Å²) >= 11 is 1.00. The Morgan fingerprint density at radius 2 is 1.56 bits per heavy atom. The second-order valence-corrected chi connectivity index (χ2v) is 13.3. The van der Waals surface area contributed by atoms with Gasteiger partial charge in [-0.2, -0.15) is 9.30 Å². The van der Waals surface area contributed by atoms with Crippen molar-refractivity contribution in [2.45, 2.75) is 55.9 Å². The Morgan fingerprint density at radius 3 is 2.10 bits per heavy atom. The van der Waals surface area contributed by atoms with Crippen LogP contribution in [0.25, 0.3) is 10.2 Å². The number of carbonyl (C=O) groups is 2. The molecule has 0 aliphatic rings. The Hall–Kier alpha value is -2.91. The van der Waals surface area contributed by atoms with E-state index in [0.717, 1.165) is 37.0 Å². The second kappa shape index (κ2) is 13.0. The van der Waals surface area contributed by atoms with Crippen LogP contribution in [-0.4, -0.2) is 57.8 Å². The molecule has 0 saturated heterocycles. The van der Waals surface area contributed by atoms with E-state index in [-0.39, 0.29) is 26.7 Å². The van der Waals surface area contributed by atoms with Crippen LogP contribution in [-0.2, 0) is 36.1 Å². The Bertz CT molecular complexity index is 1620. The van der Waals surface area contributed by atoms with Gasteiger partial charge in [0.05, 0.1) is 27.1 Å². The molecule has 0 saturated carbocycles. The molecular weight excluding hydrogens is 564 g/mol. The van der Waals surface area contributed by atoms with Crippen LogP contribution in [0, 0.1) is 0 Å². The summed E-state index contributed by atoms with van der Waals surface area (Å²) in [6.45, 7) is 4.58. The summed E-state index contributed by atoms with van der Waals surface area (Å²) in [5.41, 5.74) is 0.611. The van der Waals surface area contributed by atoms with Crippen LogP contribution in [0.3, 0.4) is 0 Å². The van der Waals surface area contributed by atoms with Crippen molar-refractivity contribution in [1.29, 1.82) is 0 Å². The third-order valence-corrected chi connectivity index (χ3v) is 9.82. The molecule has 1 amide bonds. The fraction of sp³-hybridized carbons (Fsp3) is 0.400. The summed E-state index contributed by atoms with van der Waals surface area (Å²) in [6, 6.07) is 9.67. The molecule has 0 unspecified atom stereocenters. The molecule has 0 aliphatic heterocycles. The van der Waals surface area contributed by atoms with Gasteiger partial charge in [-0.25, -0.2) is 22.0 Å². The molecule has 0 aliphatic carbocycles. The van der Waals surface area contributed by atoms with Gasteiger partial charge in [0.1, 0.15) is 6.54 Å². The number of aromatic nitrogens is 1. The molecule has 11 nitrogen and oxygen atoms in total. The number of methoxy groups -OCH3 is 1. The SMILES string of the molecule is CCCCN(CCCC)S(=O)(=O)c1ccc(C(=O)N=c2sc3cc(S(N)(=O)=O)ccc3n2CC(=O)OC)cc1. The number of nitrogens with two attached hydrogens (primary N) is 1. The van der Waals surface area contributed by atoms with E-state index in [1.807, 2.05) is 13.8 Å². The molecule has 2 N–H and O–H groups in total. The van der Waals surface area contributed by atoms with Gasteiger partial charge in [0.2, 0.25) is 20.0 Å². The van der Waals surface area contributed by atoms with Crippen LogP contribution < -0.4 is 9.94 Å². The lowest BCUT2D eigenvalue weighted by Gasteiger charge is -2.22. The van der Waals surface area contributed by atoms with Gasteiger partial charge in [-0.05, 0) is 55.3 Å². The fourth-order valence-electron chi connectivity index (χ4n) is 3.75. The van der Waals surface area contributed by atoms with E-state index in [0.29, 0.717) is 23.3 Å². The summed E-state index contributed by atoms with van der Waals surface area (Å²) < 4.78 is 58.1. The van der Waals surface area contributed by atoms with Crippen molar-refractivity contribution in [2.75, 3.05) is 20.2 Å². The number of sulfonamides is 2. The maximum absolute atomic E-state index is 13.2. The number of fused-ring (bicyclic) bond motifs is 1. The highest BCUT2D eigenvalue weighted by atomic mass is 32.2. The predicted octanol–water partition coefficient (Wildman–Crippen LogP) is 2.86. The molecule has 1 heterocycles. The molecule has 0 fully saturated rings. The monoisotopic (exact) mass is 596 g/mol. The summed E-state index contributed by atoms with van der Waals surface area (Å²) in [6.07, 6.45) is 3.23. The molecule has 39 heavy (non-hydrogen) atoms. The van der Waals surface area contributed by atoms with Gasteiger partial charge < -0.3 is 9.30 Å². The molecule has 0 radical (unpaired) electrons. The molecule has 0 atom stereocenters. The van der Waals surface area contributed by atoms with Crippen LogP contribution >= 0.6 is 11.3 Å². The van der Waals surface area contributed by atoms with E-state index in [4.69, 9.17) is 9.88 Å². The number of carbonyl (C=O) groups excluding carboxylic acids is 2. The fourth-order valence-corrected chi connectivity index (χ4v) is 6.95. The number of rotatable bonds is 12. The quantitative estimate of drug-likeness (QED) is 0.315. The first-order chi connectivity index (χ1) is 18.4. The van der Waals surface area contributed by atoms with Crippen LogP contribution in [0.1, 0.15) is 49.9 Å². The topological polar surface area (TPSA) is 158 Å². The van der Waals surface area contributed by atoms with E-state index >= 15 is 0 Å². The Kier molecular flexibility index (Phi) is 10.2. The van der Waals surface area contributed by atoms with Crippen molar-refractivity contribution in [3.05, 3.63) is 52.8 Å². The molecule has 0 bridgehead atoms. The lowest BCUT2D eigenvalue weighted by atomic mass is 10.2. The van der Waals surface area contributed by atoms with Gasteiger partial charge in [0.25, 0.3) is 5.91 Å². The summed E-state index contributed by atoms with van der Waals surface area (Å²) in [4.78, 5) is 29.3. The van der Waals surface area contributed by atoms with Crippen LogP contribution in [0.5, 0.6) is 0 Å². The van der Waals surface area contributed by atoms with Crippen LogP contribution in [0.4, 0.5) is 0 Å². The number of ether oxygens (including phenoxy) is 1. The van der Waals surface area contributed by atoms with Crippen LogP contribution in [0.15, 0.2) is 57.2 Å². The lowest BCUT2D eigenvalue weighted by molar-refractivity contribution is -0.141. The largest absolute Gasteiger partial charge is 0.468 e. The highest BCUT2D eigenvalue weighted by molar-refractivity contribution is 7.89. The highest BCUT2D eigenvalue weighted by Gasteiger charge is 2.24. The van der Waals surface area contributed by atoms with E-state index in [1.165, 1.54) is 58.4 Å². The summed E-state index contributed by atoms with van der Waals surface area (Å²) in [5, 5.41) is 5.23. The highest BCUT2D eigenvalue weighted by Crippen LogP contribution is 2.22. The number of thiazole rings is 1. The average Bonchev–Trinajstić information content (AvgIpc) is 3.23. The smallest absolute Gasteiger partial charge is 0.325 e. The molecule has 212 valence electrons. The third-order valence-electron chi connectivity index (χ3n) is 5.96. The molecule has 14 heteroatoms. The van der Waals surface area contributed by atoms with Gasteiger partial charge in [-0.3, -0.25) is 9.59 Å². The number of nitrogens with zero attached hydrogens (tertiary/aromatic N) is 3. The van der Waals surface area contributed by atoms with Gasteiger partial charge in [-0.1, -0.05) is 38.0 Å². The molecule has 2 aromatic carbocycles. The van der Waals surface area contributed by atoms with Crippen molar-refractivity contribution in [2.24, 2.45) is 10.1 Å². The molecular formula is C25H32N4O7S3. The van der Waals surface area contributed by atoms with Crippen molar-refractivity contribution in [1.82, 2.24) is 8.87 Å². The minimum atomic E-state index is -3.97. The standard InChI is InChI=1S/C25H32N4O7S3/c1-4-6-14-28(15-7-5-2)39(34,35)19-10-8-18(9-11-19)24(31)27-25-29(17-23(30)36-3)21-13-12-20(38(26,32)33)16-22(21)37-25/h8-13,16H,4-7,14-15,17H2,1-3H3,(H2,26,32,33). The average molecular weight is 597 g/mol. The number of amides is 1. The Morgan fingerprint density at radius 1 is 0.974 bits per heavy atom. The van der Waals surface area contributed by atoms with Crippen LogP contribution in [0.2, 0.25) is 0 Å². The molecule has 1 aromatic heterocycles. The van der Waals surface area contributed by atoms with E-state index in [1.54, 1.807) is 0 Å². The van der Waals surface area contributed by atoms with Gasteiger partial charge in [0.15, 0.2) is 4.80 Å². The van der Waals surface area contributed by atoms with Gasteiger partial charge in [0, 0.05) is 18.7 Å². The van der Waals surface area contributed by atoms with Gasteiger partial charge in [-0.15, -0.1) is 0 Å². The van der Waals surface area contributed by atoms with E-state index in [2.05, 4.69) is 4.99 Å². The third kappa shape index (κ3) is 7.39. The summed E-state index contributed by atoms with van der Waals surface area (Å²) in [7, 11) is -6.47. The minimum Gasteiger partial charge on any atom is -0.468 e. The predicted molar refractivity (Wildman–Crippen MR) is 148 cm³/mol. The minimum absolute atomic E-state index is 0.0874. The van der Waals surface area contributed by atoms with E-state index < -0.39 is 31.9 Å². The number of hydrogen-bond donors (Lipinski definition) is 1. The summed E-state index contributed by atoms with van der Waals surface area (Å²) in [5.74, 6) is -1.26. The van der Waals surface area contributed by atoms with Crippen molar-refractivity contribution in [3.8, 4) is 0 Å². The first kappa shape index (κ1) is 30.6. The maximum atomic E-state index is 13.2. The number of benzene rings is 2. The number of primary sulfonamides is 1. The van der Waals surface area contributed by atoms with Crippen molar-refractivity contribution in [3.63, 3.8) is 0 Å². The Balaban J connectivity index is 1.99. The zero-order valence-corrected chi connectivity index (χ0v) is 24.4.